The van der Waals surface area contributed by atoms with E-state index in [1.165, 1.54) is 0 Å². The van der Waals surface area contributed by atoms with Crippen LogP contribution in [0.4, 0.5) is 0 Å². The van der Waals surface area contributed by atoms with E-state index in [4.69, 9.17) is 9.47 Å². The zero-order chi connectivity index (χ0) is 15.2. The maximum absolute atomic E-state index is 10.6. The summed E-state index contributed by atoms with van der Waals surface area (Å²) in [6.07, 6.45) is 3.05. The second-order valence-corrected chi connectivity index (χ2v) is 5.12. The number of benzene rings is 1. The summed E-state index contributed by atoms with van der Waals surface area (Å²) in [6, 6.07) is 5.54. The molecule has 0 saturated carbocycles. The van der Waals surface area contributed by atoms with Gasteiger partial charge in [0.25, 0.3) is 0 Å². The van der Waals surface area contributed by atoms with Crippen LogP contribution < -0.4 is 9.47 Å². The zero-order valence-electron chi connectivity index (χ0n) is 12.5. The van der Waals surface area contributed by atoms with Crippen molar-refractivity contribution in [3.05, 3.63) is 49.1 Å². The van der Waals surface area contributed by atoms with Gasteiger partial charge in [-0.05, 0) is 24.6 Å². The minimum Gasteiger partial charge on any atom is -0.486 e. The fourth-order valence-electron chi connectivity index (χ4n) is 2.46. The Morgan fingerprint density at radius 3 is 2.43 bits per heavy atom. The molecule has 1 aliphatic heterocycles. The van der Waals surface area contributed by atoms with E-state index in [2.05, 4.69) is 18.1 Å². The Bertz CT molecular complexity index is 491. The van der Waals surface area contributed by atoms with E-state index < -0.39 is 6.10 Å². The van der Waals surface area contributed by atoms with Crippen LogP contribution in [0.15, 0.2) is 43.5 Å². The molecule has 0 aliphatic carbocycles. The van der Waals surface area contributed by atoms with Crippen LogP contribution in [0.1, 0.15) is 18.6 Å². The van der Waals surface area contributed by atoms with Gasteiger partial charge in [-0.1, -0.05) is 18.2 Å². The lowest BCUT2D eigenvalue weighted by atomic mass is 10.0. The molecule has 0 radical (unpaired) electrons. The number of rotatable bonds is 7. The minimum atomic E-state index is -0.610. The number of hydrogen-bond acceptors (Lipinski definition) is 4. The molecule has 1 heterocycles. The van der Waals surface area contributed by atoms with Crippen molar-refractivity contribution < 1.29 is 14.6 Å². The molecular formula is C17H23NO3. The summed E-state index contributed by atoms with van der Waals surface area (Å²) < 4.78 is 11.1. The minimum absolute atomic E-state index is 0.0523. The van der Waals surface area contributed by atoms with Crippen LogP contribution in [0.25, 0.3) is 0 Å². The molecule has 114 valence electrons. The number of hydrogen-bond donors (Lipinski definition) is 1. The van der Waals surface area contributed by atoms with Crippen molar-refractivity contribution in [1.29, 1.82) is 0 Å². The third-order valence-corrected chi connectivity index (χ3v) is 3.67. The Morgan fingerprint density at radius 2 is 1.81 bits per heavy atom. The largest absolute Gasteiger partial charge is 0.486 e. The van der Waals surface area contributed by atoms with Gasteiger partial charge in [0, 0.05) is 19.1 Å². The van der Waals surface area contributed by atoms with Gasteiger partial charge in [0.1, 0.15) is 13.2 Å². The average molecular weight is 289 g/mol. The first-order valence-electron chi connectivity index (χ1n) is 7.20. The van der Waals surface area contributed by atoms with Gasteiger partial charge < -0.3 is 14.6 Å². The summed E-state index contributed by atoms with van der Waals surface area (Å²) in [4.78, 5) is 2.11. The molecule has 2 atom stereocenters. The Hall–Kier alpha value is -1.78. The lowest BCUT2D eigenvalue weighted by Crippen LogP contribution is -2.37. The summed E-state index contributed by atoms with van der Waals surface area (Å²) in [5.74, 6) is 1.43. The third-order valence-electron chi connectivity index (χ3n) is 3.67. The SMILES string of the molecule is C=CCN(CC=C)C(C)C(O)c1ccc2c(c1)OCCO2. The van der Waals surface area contributed by atoms with E-state index in [0.717, 1.165) is 11.3 Å². The molecule has 0 fully saturated rings. The Kier molecular flexibility index (Phi) is 5.42. The highest BCUT2D eigenvalue weighted by Gasteiger charge is 2.23. The maximum atomic E-state index is 10.6. The summed E-state index contributed by atoms with van der Waals surface area (Å²) in [6.45, 7) is 12.0. The first-order valence-corrected chi connectivity index (χ1v) is 7.20. The van der Waals surface area contributed by atoms with Crippen LogP contribution in [0.5, 0.6) is 11.5 Å². The normalized spacial score (nSPS) is 16.3. The van der Waals surface area contributed by atoms with Crippen LogP contribution in [0.2, 0.25) is 0 Å². The number of aliphatic hydroxyl groups excluding tert-OH is 1. The summed E-state index contributed by atoms with van der Waals surface area (Å²) in [7, 11) is 0. The lowest BCUT2D eigenvalue weighted by molar-refractivity contribution is 0.0703. The molecule has 1 aliphatic rings. The van der Waals surface area contributed by atoms with Crippen LogP contribution >= 0.6 is 0 Å². The molecule has 1 aromatic carbocycles. The van der Waals surface area contributed by atoms with Crippen molar-refractivity contribution in [2.24, 2.45) is 0 Å². The summed E-state index contributed by atoms with van der Waals surface area (Å²) >= 11 is 0. The van der Waals surface area contributed by atoms with E-state index in [-0.39, 0.29) is 6.04 Å². The molecule has 4 nitrogen and oxygen atoms in total. The van der Waals surface area contributed by atoms with Crippen LogP contribution in [0, 0.1) is 0 Å². The van der Waals surface area contributed by atoms with Crippen molar-refractivity contribution in [2.75, 3.05) is 26.3 Å². The number of ether oxygens (including phenoxy) is 2. The Labute approximate surface area is 126 Å². The lowest BCUT2D eigenvalue weighted by Gasteiger charge is -2.31. The van der Waals surface area contributed by atoms with E-state index in [1.807, 2.05) is 37.3 Å². The van der Waals surface area contributed by atoms with E-state index >= 15 is 0 Å². The maximum Gasteiger partial charge on any atom is 0.161 e. The zero-order valence-corrected chi connectivity index (χ0v) is 12.5. The molecule has 21 heavy (non-hydrogen) atoms. The van der Waals surface area contributed by atoms with Crippen molar-refractivity contribution in [1.82, 2.24) is 4.90 Å². The van der Waals surface area contributed by atoms with E-state index in [1.54, 1.807) is 0 Å². The van der Waals surface area contributed by atoms with Crippen molar-refractivity contribution in [3.8, 4) is 11.5 Å². The molecule has 2 unspecified atom stereocenters. The molecule has 1 aromatic rings. The number of nitrogens with zero attached hydrogens (tertiary/aromatic N) is 1. The summed E-state index contributed by atoms with van der Waals surface area (Å²) in [5, 5.41) is 10.6. The van der Waals surface area contributed by atoms with Gasteiger partial charge in [-0.2, -0.15) is 0 Å². The fraction of sp³-hybridized carbons (Fsp3) is 0.412. The van der Waals surface area contributed by atoms with E-state index in [0.29, 0.717) is 32.1 Å². The van der Waals surface area contributed by atoms with Gasteiger partial charge in [-0.15, -0.1) is 13.2 Å². The molecular weight excluding hydrogens is 266 g/mol. The van der Waals surface area contributed by atoms with Crippen molar-refractivity contribution >= 4 is 0 Å². The second kappa shape index (κ2) is 7.29. The first-order chi connectivity index (χ1) is 10.2. The third kappa shape index (κ3) is 3.65. The quantitative estimate of drug-likeness (QED) is 0.783. The highest BCUT2D eigenvalue weighted by molar-refractivity contribution is 5.44. The number of aliphatic hydroxyl groups is 1. The van der Waals surface area contributed by atoms with Crippen LogP contribution in [-0.2, 0) is 0 Å². The predicted molar refractivity (Wildman–Crippen MR) is 83.8 cm³/mol. The molecule has 0 amide bonds. The van der Waals surface area contributed by atoms with Crippen molar-refractivity contribution in [3.63, 3.8) is 0 Å². The standard InChI is InChI=1S/C17H23NO3/c1-4-8-18(9-5-2)13(3)17(19)14-6-7-15-16(12-14)21-11-10-20-15/h4-7,12-13,17,19H,1-2,8-11H2,3H3. The topological polar surface area (TPSA) is 41.9 Å². The second-order valence-electron chi connectivity index (χ2n) is 5.12. The molecule has 0 bridgehead atoms. The average Bonchev–Trinajstić information content (AvgIpc) is 2.53. The number of fused-ring (bicyclic) bond motifs is 1. The first kappa shape index (κ1) is 15.6. The van der Waals surface area contributed by atoms with Gasteiger partial charge >= 0.3 is 0 Å². The Morgan fingerprint density at radius 1 is 1.19 bits per heavy atom. The van der Waals surface area contributed by atoms with Gasteiger partial charge in [-0.3, -0.25) is 4.90 Å². The van der Waals surface area contributed by atoms with Crippen molar-refractivity contribution in [2.45, 2.75) is 19.1 Å². The molecule has 0 saturated heterocycles. The van der Waals surface area contributed by atoms with Crippen LogP contribution in [0.3, 0.4) is 0 Å². The smallest absolute Gasteiger partial charge is 0.161 e. The monoisotopic (exact) mass is 289 g/mol. The van der Waals surface area contributed by atoms with Gasteiger partial charge in [-0.25, -0.2) is 0 Å². The van der Waals surface area contributed by atoms with Gasteiger partial charge in [0.15, 0.2) is 11.5 Å². The van der Waals surface area contributed by atoms with Gasteiger partial charge in [0.2, 0.25) is 0 Å². The highest BCUT2D eigenvalue weighted by atomic mass is 16.6. The molecule has 2 rings (SSSR count). The fourth-order valence-corrected chi connectivity index (χ4v) is 2.46. The molecule has 4 heteroatoms. The highest BCUT2D eigenvalue weighted by Crippen LogP contribution is 2.33. The van der Waals surface area contributed by atoms with Gasteiger partial charge in [0.05, 0.1) is 6.10 Å². The molecule has 0 spiro atoms. The predicted octanol–water partition coefficient (Wildman–Crippen LogP) is 2.55. The molecule has 0 aromatic heterocycles. The van der Waals surface area contributed by atoms with E-state index in [9.17, 15) is 5.11 Å². The Balaban J connectivity index is 2.15. The van der Waals surface area contributed by atoms with Crippen LogP contribution in [-0.4, -0.2) is 42.4 Å². The summed E-state index contributed by atoms with van der Waals surface area (Å²) in [5.41, 5.74) is 0.824. The molecule has 1 N–H and O–H groups in total.